The molecule has 1 saturated heterocycles. The average molecular weight is 546 g/mol. The van der Waals surface area contributed by atoms with E-state index in [1.807, 2.05) is 55.8 Å². The molecular formula is C29H35N7O4. The van der Waals surface area contributed by atoms with E-state index in [9.17, 15) is 4.79 Å². The van der Waals surface area contributed by atoms with Crippen molar-refractivity contribution in [2.45, 2.75) is 32.9 Å². The molecule has 0 unspecified atom stereocenters. The quantitative estimate of drug-likeness (QED) is 0.354. The van der Waals surface area contributed by atoms with E-state index in [-0.39, 0.29) is 6.09 Å². The maximum atomic E-state index is 12.4. The summed E-state index contributed by atoms with van der Waals surface area (Å²) in [5, 5.41) is 8.66. The molecule has 11 nitrogen and oxygen atoms in total. The Morgan fingerprint density at radius 2 is 1.68 bits per heavy atom. The van der Waals surface area contributed by atoms with Gasteiger partial charge in [-0.15, -0.1) is 0 Å². The zero-order valence-corrected chi connectivity index (χ0v) is 23.5. The lowest BCUT2D eigenvalue weighted by atomic mass is 10.2. The van der Waals surface area contributed by atoms with E-state index in [2.05, 4.69) is 32.4 Å². The van der Waals surface area contributed by atoms with Crippen molar-refractivity contribution in [3.63, 3.8) is 0 Å². The number of carbonyl (C=O) groups excluding carboxylic acids is 1. The summed E-state index contributed by atoms with van der Waals surface area (Å²) in [6.07, 6.45) is 3.27. The summed E-state index contributed by atoms with van der Waals surface area (Å²) in [4.78, 5) is 25.6. The summed E-state index contributed by atoms with van der Waals surface area (Å²) in [7, 11) is 3.24. The summed E-state index contributed by atoms with van der Waals surface area (Å²) >= 11 is 0. The molecule has 3 heterocycles. The Morgan fingerprint density at radius 1 is 0.950 bits per heavy atom. The molecular weight excluding hydrogens is 510 g/mol. The Bertz CT molecular complexity index is 1470. The molecule has 0 atom stereocenters. The van der Waals surface area contributed by atoms with Gasteiger partial charge in [-0.05, 0) is 62.7 Å². The molecule has 5 rings (SSSR count). The average Bonchev–Trinajstić information content (AvgIpc) is 3.34. The third-order valence-electron chi connectivity index (χ3n) is 6.58. The lowest BCUT2D eigenvalue weighted by Gasteiger charge is -2.36. The lowest BCUT2D eigenvalue weighted by molar-refractivity contribution is 0.0240. The second kappa shape index (κ2) is 11.3. The van der Waals surface area contributed by atoms with Crippen LogP contribution in [-0.2, 0) is 11.3 Å². The third kappa shape index (κ3) is 6.19. The SMILES string of the molecule is COc1ccc(Cn2ncc3cnc(Nc4ccc(N5CCN(C(=O)OC(C)(C)C)CC5)cc4)nc32)cc1OC. The second-order valence-corrected chi connectivity index (χ2v) is 10.6. The molecule has 0 radical (unpaired) electrons. The topological polar surface area (TPSA) is 107 Å². The number of hydrogen-bond acceptors (Lipinski definition) is 9. The predicted octanol–water partition coefficient (Wildman–Crippen LogP) is 4.69. The zero-order valence-electron chi connectivity index (χ0n) is 23.5. The van der Waals surface area contributed by atoms with Gasteiger partial charge < -0.3 is 29.3 Å². The number of piperazine rings is 1. The van der Waals surface area contributed by atoms with Gasteiger partial charge in [-0.1, -0.05) is 6.07 Å². The summed E-state index contributed by atoms with van der Waals surface area (Å²) in [6.45, 7) is 8.92. The molecule has 1 N–H and O–H groups in total. The number of amides is 1. The molecule has 40 heavy (non-hydrogen) atoms. The minimum atomic E-state index is -0.490. The number of ether oxygens (including phenoxy) is 3. The van der Waals surface area contributed by atoms with Crippen molar-refractivity contribution in [2.75, 3.05) is 50.6 Å². The second-order valence-electron chi connectivity index (χ2n) is 10.6. The van der Waals surface area contributed by atoms with Gasteiger partial charge in [-0.25, -0.2) is 14.5 Å². The van der Waals surface area contributed by atoms with Crippen LogP contribution >= 0.6 is 0 Å². The van der Waals surface area contributed by atoms with Crippen LogP contribution in [0.2, 0.25) is 0 Å². The number of anilines is 3. The van der Waals surface area contributed by atoms with Crippen LogP contribution in [0.25, 0.3) is 11.0 Å². The monoisotopic (exact) mass is 545 g/mol. The maximum absolute atomic E-state index is 12.4. The van der Waals surface area contributed by atoms with Crippen LogP contribution in [0.1, 0.15) is 26.3 Å². The first-order valence-electron chi connectivity index (χ1n) is 13.2. The van der Waals surface area contributed by atoms with Gasteiger partial charge in [-0.3, -0.25) is 0 Å². The van der Waals surface area contributed by atoms with Gasteiger partial charge in [0.15, 0.2) is 17.1 Å². The fourth-order valence-corrected chi connectivity index (χ4v) is 4.55. The number of benzene rings is 2. The fraction of sp³-hybridized carbons (Fsp3) is 0.379. The fourth-order valence-electron chi connectivity index (χ4n) is 4.55. The van der Waals surface area contributed by atoms with Crippen LogP contribution in [0, 0.1) is 0 Å². The van der Waals surface area contributed by atoms with E-state index in [0.29, 0.717) is 37.1 Å². The number of methoxy groups -OCH3 is 2. The van der Waals surface area contributed by atoms with Crippen molar-refractivity contribution < 1.29 is 19.0 Å². The minimum Gasteiger partial charge on any atom is -0.493 e. The van der Waals surface area contributed by atoms with Crippen molar-refractivity contribution in [1.82, 2.24) is 24.6 Å². The van der Waals surface area contributed by atoms with Crippen LogP contribution in [-0.4, -0.2) is 76.7 Å². The molecule has 0 bridgehead atoms. The smallest absolute Gasteiger partial charge is 0.410 e. The van der Waals surface area contributed by atoms with Crippen molar-refractivity contribution >= 4 is 34.4 Å². The van der Waals surface area contributed by atoms with Gasteiger partial charge in [-0.2, -0.15) is 10.1 Å². The van der Waals surface area contributed by atoms with Crippen LogP contribution in [0.15, 0.2) is 54.9 Å². The molecule has 2 aromatic heterocycles. The van der Waals surface area contributed by atoms with Crippen molar-refractivity contribution in [3.8, 4) is 11.5 Å². The van der Waals surface area contributed by atoms with Crippen LogP contribution in [0.4, 0.5) is 22.1 Å². The number of aromatic nitrogens is 4. The minimum absolute atomic E-state index is 0.256. The first-order chi connectivity index (χ1) is 19.2. The largest absolute Gasteiger partial charge is 0.493 e. The molecule has 1 amide bonds. The molecule has 1 aliphatic rings. The Kier molecular flexibility index (Phi) is 7.63. The number of carbonyl (C=O) groups is 1. The van der Waals surface area contributed by atoms with Gasteiger partial charge in [0.2, 0.25) is 5.95 Å². The normalized spacial score (nSPS) is 13.8. The first-order valence-corrected chi connectivity index (χ1v) is 13.2. The van der Waals surface area contributed by atoms with E-state index in [4.69, 9.17) is 19.2 Å². The standard InChI is InChI=1S/C29H35N7O4/c1-29(2,3)40-28(37)35-14-12-34(13-15-35)23-9-7-22(8-10-23)32-27-30-17-21-18-31-36(26(21)33-27)19-20-6-11-24(38-4)25(16-20)39-5/h6-11,16-18H,12-15,19H2,1-5H3,(H,30,32,33). The molecule has 0 spiro atoms. The molecule has 2 aromatic carbocycles. The van der Waals surface area contributed by atoms with E-state index in [1.165, 1.54) is 0 Å². The van der Waals surface area contributed by atoms with Crippen LogP contribution in [0.3, 0.4) is 0 Å². The highest BCUT2D eigenvalue weighted by Crippen LogP contribution is 2.28. The highest BCUT2D eigenvalue weighted by molar-refractivity contribution is 5.75. The van der Waals surface area contributed by atoms with Gasteiger partial charge in [0.05, 0.1) is 32.3 Å². The first kappa shape index (κ1) is 27.0. The summed E-state index contributed by atoms with van der Waals surface area (Å²) < 4.78 is 18.1. The number of nitrogens with zero attached hydrogens (tertiary/aromatic N) is 6. The van der Waals surface area contributed by atoms with Crippen molar-refractivity contribution in [3.05, 3.63) is 60.4 Å². The molecule has 1 fully saturated rings. The third-order valence-corrected chi connectivity index (χ3v) is 6.58. The van der Waals surface area contributed by atoms with E-state index in [0.717, 1.165) is 41.1 Å². The summed E-state index contributed by atoms with van der Waals surface area (Å²) in [5.41, 5.74) is 3.22. The highest BCUT2D eigenvalue weighted by atomic mass is 16.6. The Hall–Kier alpha value is -4.54. The van der Waals surface area contributed by atoms with Crippen LogP contribution in [0.5, 0.6) is 11.5 Å². The number of rotatable bonds is 7. The van der Waals surface area contributed by atoms with Gasteiger partial charge in [0.25, 0.3) is 0 Å². The molecule has 1 aliphatic heterocycles. The van der Waals surface area contributed by atoms with Crippen molar-refractivity contribution in [1.29, 1.82) is 0 Å². The molecule has 210 valence electrons. The predicted molar refractivity (Wildman–Crippen MR) is 154 cm³/mol. The van der Waals surface area contributed by atoms with E-state index < -0.39 is 5.60 Å². The van der Waals surface area contributed by atoms with Gasteiger partial charge >= 0.3 is 6.09 Å². The maximum Gasteiger partial charge on any atom is 0.410 e. The van der Waals surface area contributed by atoms with Gasteiger partial charge in [0, 0.05) is 43.8 Å². The number of fused-ring (bicyclic) bond motifs is 1. The Balaban J connectivity index is 1.23. The lowest BCUT2D eigenvalue weighted by Crippen LogP contribution is -2.50. The Labute approximate surface area is 233 Å². The Morgan fingerprint density at radius 3 is 2.35 bits per heavy atom. The molecule has 4 aromatic rings. The summed E-state index contributed by atoms with van der Waals surface area (Å²) in [6, 6.07) is 13.9. The van der Waals surface area contributed by atoms with E-state index >= 15 is 0 Å². The van der Waals surface area contributed by atoms with Crippen LogP contribution < -0.4 is 19.7 Å². The number of hydrogen-bond donors (Lipinski definition) is 1. The van der Waals surface area contributed by atoms with Crippen molar-refractivity contribution in [2.24, 2.45) is 0 Å². The van der Waals surface area contributed by atoms with Gasteiger partial charge in [0.1, 0.15) is 5.60 Å². The zero-order chi connectivity index (χ0) is 28.3. The van der Waals surface area contributed by atoms with E-state index in [1.54, 1.807) is 31.5 Å². The highest BCUT2D eigenvalue weighted by Gasteiger charge is 2.26. The number of nitrogens with one attached hydrogen (secondary N) is 1. The molecule has 11 heteroatoms. The summed E-state index contributed by atoms with van der Waals surface area (Å²) in [5.74, 6) is 1.83. The molecule has 0 aliphatic carbocycles. The molecule has 0 saturated carbocycles.